The van der Waals surface area contributed by atoms with E-state index in [2.05, 4.69) is 63.4 Å². The summed E-state index contributed by atoms with van der Waals surface area (Å²) >= 11 is 3.73. The Hall–Kier alpha value is 0.257. The Morgan fingerprint density at radius 3 is 1.29 bits per heavy atom. The van der Waals surface area contributed by atoms with Gasteiger partial charge in [-0.2, -0.15) is 0 Å². The van der Waals surface area contributed by atoms with Gasteiger partial charge in [0, 0.05) is 0 Å². The van der Waals surface area contributed by atoms with Crippen LogP contribution < -0.4 is 0 Å². The Bertz CT molecular complexity index is 191. The first-order valence-electron chi connectivity index (χ1n) is 5.41. The van der Waals surface area contributed by atoms with Crippen LogP contribution in [0, 0.1) is 12.3 Å². The molecule has 0 bridgehead atoms. The van der Waals surface area contributed by atoms with Crippen LogP contribution in [0.25, 0.3) is 0 Å². The maximum atomic E-state index is 5.61. The number of hydrogen-bond acceptors (Lipinski definition) is 0. The van der Waals surface area contributed by atoms with Crippen LogP contribution in [0.3, 0.4) is 0 Å². The van der Waals surface area contributed by atoms with E-state index in [1.54, 1.807) is 0 Å². The minimum absolute atomic E-state index is 0.301. The maximum absolute atomic E-state index is 5.61. The van der Waals surface area contributed by atoms with Gasteiger partial charge in [-0.3, -0.25) is 0 Å². The molecule has 1 atom stereocenters. The van der Waals surface area contributed by atoms with Gasteiger partial charge in [0.05, 0.1) is 12.5 Å². The predicted molar refractivity (Wildman–Crippen MR) is 72.6 cm³/mol. The molecule has 0 heterocycles. The molecule has 1 unspecified atom stereocenters. The maximum Gasteiger partial charge on any atom is 0.0913 e. The Labute approximate surface area is 99.0 Å². The van der Waals surface area contributed by atoms with Gasteiger partial charge in [-0.1, -0.05) is 63.4 Å². The number of hydrogen-bond donors (Lipinski definition) is 0. The first kappa shape index (κ1) is 14.3. The van der Waals surface area contributed by atoms with Crippen LogP contribution in [0.5, 0.6) is 0 Å². The van der Waals surface area contributed by atoms with E-state index in [4.69, 9.17) is 6.42 Å². The number of halogens is 1. The molecule has 0 spiro atoms. The summed E-state index contributed by atoms with van der Waals surface area (Å²) in [6.07, 6.45) is 5.61. The lowest BCUT2D eigenvalue weighted by Gasteiger charge is -2.44. The monoisotopic (exact) mass is 274 g/mol. The summed E-state index contributed by atoms with van der Waals surface area (Å²) in [5.74, 6) is 2.93. The highest BCUT2D eigenvalue weighted by atomic mass is 79.9. The van der Waals surface area contributed by atoms with E-state index >= 15 is 0 Å². The van der Waals surface area contributed by atoms with Crippen molar-refractivity contribution in [2.45, 2.75) is 62.6 Å². The fourth-order valence-electron chi connectivity index (χ4n) is 3.02. The molecule has 82 valence electrons. The van der Waals surface area contributed by atoms with E-state index in [9.17, 15) is 0 Å². The van der Waals surface area contributed by atoms with Crippen molar-refractivity contribution >= 4 is 24.0 Å². The van der Waals surface area contributed by atoms with Gasteiger partial charge in [0.15, 0.2) is 0 Å². The minimum atomic E-state index is -1.45. The van der Waals surface area contributed by atoms with Crippen LogP contribution in [0.4, 0.5) is 0 Å². The molecule has 0 aliphatic heterocycles. The molecule has 0 nitrogen and oxygen atoms in total. The Balaban J connectivity index is 5.29. The summed E-state index contributed by atoms with van der Waals surface area (Å²) in [5.41, 5.74) is 2.17. The summed E-state index contributed by atoms with van der Waals surface area (Å²) < 4.78 is 0.301. The molecule has 0 fully saturated rings. The third-order valence-electron chi connectivity index (χ3n) is 3.59. The first-order chi connectivity index (χ1) is 6.31. The molecule has 0 amide bonds. The molecule has 0 aliphatic carbocycles. The van der Waals surface area contributed by atoms with Crippen molar-refractivity contribution in [1.29, 1.82) is 0 Å². The third kappa shape index (κ3) is 2.25. The van der Waals surface area contributed by atoms with Crippen LogP contribution in [0.2, 0.25) is 16.6 Å². The zero-order valence-corrected chi connectivity index (χ0v) is 12.9. The zero-order chi connectivity index (χ0) is 11.5. The number of terminal acetylenes is 1. The van der Waals surface area contributed by atoms with Crippen LogP contribution in [-0.2, 0) is 0 Å². The van der Waals surface area contributed by atoms with E-state index in [1.807, 2.05) is 0 Å². The van der Waals surface area contributed by atoms with Gasteiger partial charge in [0.25, 0.3) is 0 Å². The van der Waals surface area contributed by atoms with Crippen LogP contribution in [0.15, 0.2) is 0 Å². The molecule has 0 saturated carbocycles. The summed E-state index contributed by atoms with van der Waals surface area (Å²) in [4.78, 5) is 0. The normalized spacial score (nSPS) is 14.9. The highest BCUT2D eigenvalue weighted by Gasteiger charge is 2.47. The van der Waals surface area contributed by atoms with Gasteiger partial charge in [0.2, 0.25) is 0 Å². The average molecular weight is 275 g/mol. The van der Waals surface area contributed by atoms with Gasteiger partial charge in [-0.25, -0.2) is 0 Å². The van der Waals surface area contributed by atoms with Crippen LogP contribution in [-0.4, -0.2) is 12.5 Å². The topological polar surface area (TPSA) is 0 Å². The fraction of sp³-hybridized carbons (Fsp3) is 0.833. The molecule has 14 heavy (non-hydrogen) atoms. The van der Waals surface area contributed by atoms with Gasteiger partial charge >= 0.3 is 0 Å². The second-order valence-corrected chi connectivity index (χ2v) is 12.8. The van der Waals surface area contributed by atoms with E-state index in [-0.39, 0.29) is 0 Å². The van der Waals surface area contributed by atoms with Gasteiger partial charge in [-0.05, 0) is 16.6 Å². The smallest absolute Gasteiger partial charge is 0.0913 e. The minimum Gasteiger partial charge on any atom is -0.119 e. The molecule has 0 saturated heterocycles. The lowest BCUT2D eigenvalue weighted by Crippen LogP contribution is -2.52. The number of rotatable bonds is 4. The highest BCUT2D eigenvalue weighted by molar-refractivity contribution is 9.10. The van der Waals surface area contributed by atoms with E-state index in [0.717, 1.165) is 16.6 Å². The predicted octanol–water partition coefficient (Wildman–Crippen LogP) is 4.60. The van der Waals surface area contributed by atoms with Crippen molar-refractivity contribution in [3.63, 3.8) is 0 Å². The van der Waals surface area contributed by atoms with Gasteiger partial charge in [-0.15, -0.1) is 6.42 Å². The van der Waals surface area contributed by atoms with Crippen molar-refractivity contribution < 1.29 is 0 Å². The molecule has 0 radical (unpaired) electrons. The van der Waals surface area contributed by atoms with E-state index < -0.39 is 8.07 Å². The Kier molecular flexibility index (Phi) is 5.47. The Morgan fingerprint density at radius 1 is 0.929 bits per heavy atom. The molecule has 0 aromatic carbocycles. The fourth-order valence-corrected chi connectivity index (χ4v) is 13.8. The second-order valence-electron chi connectivity index (χ2n) is 4.99. The van der Waals surface area contributed by atoms with Crippen molar-refractivity contribution in [2.24, 2.45) is 0 Å². The highest BCUT2D eigenvalue weighted by Crippen LogP contribution is 2.45. The molecule has 2 heteroatoms. The average Bonchev–Trinajstić information content (AvgIpc) is 2.02. The molecular weight excluding hydrogens is 252 g/mol. The van der Waals surface area contributed by atoms with Gasteiger partial charge < -0.3 is 0 Å². The van der Waals surface area contributed by atoms with Crippen LogP contribution >= 0.6 is 15.9 Å². The standard InChI is InChI=1S/C12H23BrSi/c1-8-12(13)14(9(2)3,10(4)5)11(6)7/h1,9-12H,2-7H3. The molecule has 0 aliphatic rings. The van der Waals surface area contributed by atoms with Crippen molar-refractivity contribution in [2.75, 3.05) is 0 Å². The lowest BCUT2D eigenvalue weighted by atomic mass is 10.5. The first-order valence-corrected chi connectivity index (χ1v) is 8.64. The zero-order valence-electron chi connectivity index (χ0n) is 10.3. The third-order valence-corrected chi connectivity index (χ3v) is 13.3. The van der Waals surface area contributed by atoms with Crippen LogP contribution in [0.1, 0.15) is 41.5 Å². The summed E-state index contributed by atoms with van der Waals surface area (Å²) in [5, 5.41) is 0. The largest absolute Gasteiger partial charge is 0.119 e. The molecule has 0 aromatic rings. The van der Waals surface area contributed by atoms with Crippen molar-refractivity contribution in [1.82, 2.24) is 0 Å². The van der Waals surface area contributed by atoms with E-state index in [0.29, 0.717) is 4.45 Å². The molecule has 0 aromatic heterocycles. The number of alkyl halides is 1. The van der Waals surface area contributed by atoms with E-state index in [1.165, 1.54) is 0 Å². The molecule has 0 rings (SSSR count). The quantitative estimate of drug-likeness (QED) is 0.399. The summed E-state index contributed by atoms with van der Waals surface area (Å²) in [7, 11) is -1.45. The summed E-state index contributed by atoms with van der Waals surface area (Å²) in [6, 6.07) is 0. The van der Waals surface area contributed by atoms with Crippen molar-refractivity contribution in [3.05, 3.63) is 0 Å². The summed E-state index contributed by atoms with van der Waals surface area (Å²) in [6.45, 7) is 14.0. The van der Waals surface area contributed by atoms with Crippen molar-refractivity contribution in [3.8, 4) is 12.3 Å². The Morgan fingerprint density at radius 2 is 1.21 bits per heavy atom. The second kappa shape index (κ2) is 5.37. The molecular formula is C12H23BrSi. The van der Waals surface area contributed by atoms with Gasteiger partial charge in [0.1, 0.15) is 0 Å². The lowest BCUT2D eigenvalue weighted by molar-refractivity contribution is 0.810. The molecule has 0 N–H and O–H groups in total. The SMILES string of the molecule is C#CC(Br)[Si](C(C)C)(C(C)C)C(C)C.